The highest BCUT2D eigenvalue weighted by molar-refractivity contribution is 9.10. The minimum Gasteiger partial charge on any atom is -0.355 e. The molecule has 0 spiro atoms. The number of fused-ring (bicyclic) bond motifs is 5. The van der Waals surface area contributed by atoms with Crippen molar-refractivity contribution in [2.75, 3.05) is 5.32 Å². The van der Waals surface area contributed by atoms with Crippen LogP contribution in [0.4, 0.5) is 11.4 Å². The van der Waals surface area contributed by atoms with Crippen molar-refractivity contribution in [3.63, 3.8) is 0 Å². The van der Waals surface area contributed by atoms with Gasteiger partial charge in [0.25, 0.3) is 0 Å². The highest BCUT2D eigenvalue weighted by Crippen LogP contribution is 2.46. The second-order valence-electron chi connectivity index (χ2n) is 5.55. The zero-order valence-corrected chi connectivity index (χ0v) is 15.1. The van der Waals surface area contributed by atoms with Crippen molar-refractivity contribution in [1.29, 1.82) is 0 Å². The largest absolute Gasteiger partial charge is 0.355 e. The average Bonchev–Trinajstić information content (AvgIpc) is 2.62. The van der Waals surface area contributed by atoms with Gasteiger partial charge in [-0.3, -0.25) is 0 Å². The normalized spacial score (nSPS) is 11.8. The van der Waals surface area contributed by atoms with Gasteiger partial charge in [-0.2, -0.15) is 0 Å². The van der Waals surface area contributed by atoms with Crippen molar-refractivity contribution < 1.29 is 0 Å². The first kappa shape index (κ1) is 14.0. The first-order chi connectivity index (χ1) is 10.6. The summed E-state index contributed by atoms with van der Waals surface area (Å²) in [6.45, 7) is 2.13. The van der Waals surface area contributed by atoms with E-state index in [1.807, 2.05) is 0 Å². The summed E-state index contributed by atoms with van der Waals surface area (Å²) in [7, 11) is 0. The van der Waals surface area contributed by atoms with Crippen LogP contribution in [0.1, 0.15) is 5.56 Å². The maximum absolute atomic E-state index is 3.61. The number of hydrogen-bond acceptors (Lipinski definition) is 1. The van der Waals surface area contributed by atoms with E-state index in [4.69, 9.17) is 0 Å². The Balaban J connectivity index is 2.12. The van der Waals surface area contributed by atoms with E-state index in [0.717, 1.165) is 20.3 Å². The summed E-state index contributed by atoms with van der Waals surface area (Å²) in [5, 5.41) is 3.59. The molecular weight excluding hydrogens is 402 g/mol. The highest BCUT2D eigenvalue weighted by atomic mass is 79.9. The molecular formula is C19H13Br2N. The van der Waals surface area contributed by atoms with Crippen molar-refractivity contribution in [1.82, 2.24) is 0 Å². The van der Waals surface area contributed by atoms with Crippen LogP contribution < -0.4 is 5.32 Å². The molecule has 1 aliphatic rings. The van der Waals surface area contributed by atoms with Crippen molar-refractivity contribution >= 4 is 43.2 Å². The van der Waals surface area contributed by atoms with Gasteiger partial charge in [0.1, 0.15) is 0 Å². The molecule has 108 valence electrons. The van der Waals surface area contributed by atoms with Crippen molar-refractivity contribution in [2.45, 2.75) is 6.92 Å². The molecule has 4 rings (SSSR count). The summed E-state index contributed by atoms with van der Waals surface area (Å²) in [6, 6.07) is 19.4. The first-order valence-electron chi connectivity index (χ1n) is 7.09. The third-order valence-corrected chi connectivity index (χ3v) is 4.97. The van der Waals surface area contributed by atoms with E-state index in [-0.39, 0.29) is 0 Å². The Morgan fingerprint density at radius 2 is 1.23 bits per heavy atom. The Morgan fingerprint density at radius 1 is 0.636 bits per heavy atom. The molecule has 0 fully saturated rings. The molecule has 1 nitrogen and oxygen atoms in total. The third kappa shape index (κ3) is 2.29. The highest BCUT2D eigenvalue weighted by Gasteiger charge is 2.19. The Bertz CT molecular complexity index is 900. The molecule has 22 heavy (non-hydrogen) atoms. The fourth-order valence-electron chi connectivity index (χ4n) is 2.96. The van der Waals surface area contributed by atoms with Gasteiger partial charge in [0.15, 0.2) is 0 Å². The SMILES string of the molecule is Cc1ccc2c(c1)-c1ccc(Br)cc1-c1cc(Br)ccc1N2. The van der Waals surface area contributed by atoms with Gasteiger partial charge >= 0.3 is 0 Å². The molecule has 0 amide bonds. The summed E-state index contributed by atoms with van der Waals surface area (Å²) >= 11 is 7.20. The molecule has 1 heterocycles. The quantitative estimate of drug-likeness (QED) is 0.329. The summed E-state index contributed by atoms with van der Waals surface area (Å²) in [4.78, 5) is 0. The Hall–Kier alpha value is -1.58. The third-order valence-electron chi connectivity index (χ3n) is 3.99. The van der Waals surface area contributed by atoms with Crippen LogP contribution in [0.3, 0.4) is 0 Å². The number of halogens is 2. The molecule has 0 radical (unpaired) electrons. The van der Waals surface area contributed by atoms with Gasteiger partial charge in [0.2, 0.25) is 0 Å². The molecule has 3 aromatic rings. The molecule has 0 aliphatic carbocycles. The van der Waals surface area contributed by atoms with Crippen molar-refractivity contribution in [3.05, 3.63) is 69.1 Å². The molecule has 3 heteroatoms. The second-order valence-corrected chi connectivity index (χ2v) is 7.39. The Morgan fingerprint density at radius 3 is 2.00 bits per heavy atom. The van der Waals surface area contributed by atoms with Crippen LogP contribution in [-0.4, -0.2) is 0 Å². The van der Waals surface area contributed by atoms with Gasteiger partial charge in [0, 0.05) is 31.4 Å². The predicted molar refractivity (Wildman–Crippen MR) is 101 cm³/mol. The smallest absolute Gasteiger partial charge is 0.0465 e. The van der Waals surface area contributed by atoms with Crippen molar-refractivity contribution in [3.8, 4) is 22.3 Å². The molecule has 0 saturated heterocycles. The number of aryl methyl sites for hydroxylation is 1. The zero-order chi connectivity index (χ0) is 15.3. The summed E-state index contributed by atoms with van der Waals surface area (Å²) in [5.41, 5.74) is 8.49. The van der Waals surface area contributed by atoms with E-state index in [1.165, 1.54) is 27.8 Å². The van der Waals surface area contributed by atoms with E-state index in [9.17, 15) is 0 Å². The lowest BCUT2D eigenvalue weighted by Crippen LogP contribution is -1.92. The van der Waals surface area contributed by atoms with Gasteiger partial charge in [-0.1, -0.05) is 49.6 Å². The molecule has 1 N–H and O–H groups in total. The fourth-order valence-corrected chi connectivity index (χ4v) is 3.68. The van der Waals surface area contributed by atoms with Crippen LogP contribution in [0.25, 0.3) is 22.3 Å². The van der Waals surface area contributed by atoms with Gasteiger partial charge in [-0.15, -0.1) is 0 Å². The van der Waals surface area contributed by atoms with Crippen LogP contribution in [0, 0.1) is 6.92 Å². The molecule has 0 atom stereocenters. The van der Waals surface area contributed by atoms with Gasteiger partial charge < -0.3 is 5.32 Å². The maximum Gasteiger partial charge on any atom is 0.0465 e. The lowest BCUT2D eigenvalue weighted by Gasteiger charge is -2.11. The van der Waals surface area contributed by atoms with Crippen LogP contribution in [0.15, 0.2) is 63.5 Å². The van der Waals surface area contributed by atoms with E-state index in [2.05, 4.69) is 98.7 Å². The second kappa shape index (κ2) is 5.25. The van der Waals surface area contributed by atoms with Crippen LogP contribution in [-0.2, 0) is 0 Å². The first-order valence-corrected chi connectivity index (χ1v) is 8.68. The summed E-state index contributed by atoms with van der Waals surface area (Å²) in [5.74, 6) is 0. The van der Waals surface area contributed by atoms with Crippen LogP contribution in [0.2, 0.25) is 0 Å². The number of hydrogen-bond donors (Lipinski definition) is 1. The topological polar surface area (TPSA) is 12.0 Å². The molecule has 0 saturated carbocycles. The van der Waals surface area contributed by atoms with Gasteiger partial charge in [-0.05, 0) is 60.5 Å². The van der Waals surface area contributed by atoms with E-state index >= 15 is 0 Å². The van der Waals surface area contributed by atoms with Crippen LogP contribution in [0.5, 0.6) is 0 Å². The van der Waals surface area contributed by atoms with E-state index < -0.39 is 0 Å². The Kier molecular flexibility index (Phi) is 3.35. The lowest BCUT2D eigenvalue weighted by atomic mass is 9.94. The number of nitrogens with one attached hydrogen (secondary N) is 1. The fraction of sp³-hybridized carbons (Fsp3) is 0.0526. The molecule has 3 aromatic carbocycles. The van der Waals surface area contributed by atoms with Crippen LogP contribution >= 0.6 is 31.9 Å². The summed E-state index contributed by atoms with van der Waals surface area (Å²) < 4.78 is 2.18. The van der Waals surface area contributed by atoms with Gasteiger partial charge in [0.05, 0.1) is 0 Å². The molecule has 0 aromatic heterocycles. The van der Waals surface area contributed by atoms with E-state index in [1.54, 1.807) is 0 Å². The minimum atomic E-state index is 1.08. The van der Waals surface area contributed by atoms with Crippen molar-refractivity contribution in [2.24, 2.45) is 0 Å². The molecule has 1 aliphatic heterocycles. The standard InChI is InChI=1S/C19H13Br2N/c1-11-2-6-18-16(8-11)14-5-3-12(20)9-15(14)17-10-13(21)4-7-19(17)22-18/h2-10,22H,1H3. The maximum atomic E-state index is 3.61. The van der Waals surface area contributed by atoms with Gasteiger partial charge in [-0.25, -0.2) is 0 Å². The number of anilines is 2. The molecule has 0 unspecified atom stereocenters. The number of rotatable bonds is 0. The Labute approximate surface area is 146 Å². The molecule has 0 bridgehead atoms. The summed E-state index contributed by atoms with van der Waals surface area (Å²) in [6.07, 6.45) is 0. The monoisotopic (exact) mass is 413 g/mol. The zero-order valence-electron chi connectivity index (χ0n) is 12.0. The minimum absolute atomic E-state index is 1.08. The average molecular weight is 415 g/mol. The number of benzene rings is 3. The van der Waals surface area contributed by atoms with E-state index in [0.29, 0.717) is 0 Å². The lowest BCUT2D eigenvalue weighted by molar-refractivity contribution is 1.46. The predicted octanol–water partition coefficient (Wildman–Crippen LogP) is 6.91.